The van der Waals surface area contributed by atoms with Gasteiger partial charge in [-0.25, -0.2) is 0 Å². The summed E-state index contributed by atoms with van der Waals surface area (Å²) < 4.78 is 1.81. The molecule has 1 amide bonds. The summed E-state index contributed by atoms with van der Waals surface area (Å²) in [5, 5.41) is 16.4. The van der Waals surface area contributed by atoms with Crippen LogP contribution in [0, 0.1) is 11.3 Å². The maximum atomic E-state index is 11.1. The lowest BCUT2D eigenvalue weighted by molar-refractivity contribution is -0.119. The highest BCUT2D eigenvalue weighted by atomic mass is 16.1. The number of nitrogens with zero attached hydrogens (tertiary/aromatic N) is 4. The van der Waals surface area contributed by atoms with Gasteiger partial charge < -0.3 is 5.32 Å². The molecule has 0 saturated carbocycles. The Bertz CT molecular complexity index is 755. The molecule has 0 atom stereocenters. The minimum Gasteiger partial charge on any atom is -0.355 e. The Balaban J connectivity index is 2.20. The normalized spacial score (nSPS) is 10.9. The summed E-state index contributed by atoms with van der Waals surface area (Å²) in [4.78, 5) is 13.4. The second-order valence-corrected chi connectivity index (χ2v) is 6.41. The van der Waals surface area contributed by atoms with Crippen molar-refractivity contribution in [1.29, 1.82) is 5.26 Å². The van der Waals surface area contributed by atoms with Crippen LogP contribution in [0.1, 0.15) is 31.9 Å². The fourth-order valence-electron chi connectivity index (χ4n) is 2.71. The number of carbonyl (C=O) groups excluding carboxylic acids is 1. The highest BCUT2D eigenvalue weighted by Gasteiger charge is 2.16. The third-order valence-electron chi connectivity index (χ3n) is 4.07. The second kappa shape index (κ2) is 8.45. The van der Waals surface area contributed by atoms with E-state index in [0.717, 1.165) is 29.9 Å². The summed E-state index contributed by atoms with van der Waals surface area (Å²) >= 11 is 0. The first kappa shape index (κ1) is 18.7. The Morgan fingerprint density at radius 1 is 1.36 bits per heavy atom. The topological polar surface area (TPSA) is 74.0 Å². The molecule has 0 aliphatic heterocycles. The fourth-order valence-corrected chi connectivity index (χ4v) is 2.71. The molecule has 25 heavy (non-hydrogen) atoms. The van der Waals surface area contributed by atoms with E-state index in [4.69, 9.17) is 5.26 Å². The van der Waals surface area contributed by atoms with Crippen molar-refractivity contribution < 1.29 is 4.79 Å². The summed E-state index contributed by atoms with van der Waals surface area (Å²) in [5.74, 6) is -0.0108. The quantitative estimate of drug-likeness (QED) is 0.840. The lowest BCUT2D eigenvalue weighted by Gasteiger charge is -2.26. The van der Waals surface area contributed by atoms with Gasteiger partial charge in [-0.15, -0.1) is 0 Å². The van der Waals surface area contributed by atoms with Gasteiger partial charge in [0.1, 0.15) is 0 Å². The Hall–Kier alpha value is -2.65. The molecule has 0 aliphatic carbocycles. The van der Waals surface area contributed by atoms with Crippen molar-refractivity contribution in [2.75, 3.05) is 13.1 Å². The van der Waals surface area contributed by atoms with Gasteiger partial charge >= 0.3 is 0 Å². The molecule has 1 aromatic carbocycles. The molecule has 0 radical (unpaired) electrons. The third-order valence-corrected chi connectivity index (χ3v) is 4.07. The predicted octanol–water partition coefficient (Wildman–Crippen LogP) is 2.31. The van der Waals surface area contributed by atoms with Crippen molar-refractivity contribution >= 4 is 5.91 Å². The molecular formula is C19H25N5O. The van der Waals surface area contributed by atoms with Crippen molar-refractivity contribution in [3.8, 4) is 17.3 Å². The van der Waals surface area contributed by atoms with Gasteiger partial charge in [0.05, 0.1) is 17.3 Å². The largest absolute Gasteiger partial charge is 0.355 e. The molecular weight excluding hydrogens is 314 g/mol. The van der Waals surface area contributed by atoms with Crippen LogP contribution in [0.4, 0.5) is 0 Å². The van der Waals surface area contributed by atoms with E-state index in [2.05, 4.69) is 35.2 Å². The number of nitriles is 1. The Morgan fingerprint density at radius 2 is 2.04 bits per heavy atom. The number of benzene rings is 1. The number of rotatable bonds is 7. The van der Waals surface area contributed by atoms with Gasteiger partial charge in [0, 0.05) is 57.0 Å². The Kier molecular flexibility index (Phi) is 6.31. The van der Waals surface area contributed by atoms with Crippen molar-refractivity contribution in [2.45, 2.75) is 33.4 Å². The van der Waals surface area contributed by atoms with E-state index < -0.39 is 0 Å². The number of amides is 1. The minimum absolute atomic E-state index is 0.0108. The number of nitrogens with one attached hydrogen (secondary N) is 1. The van der Waals surface area contributed by atoms with Crippen molar-refractivity contribution in [2.24, 2.45) is 7.05 Å². The molecule has 2 rings (SSSR count). The molecule has 0 saturated heterocycles. The SMILES string of the molecule is CC(=O)NCCN(Cc1cn(C)nc1-c1ccc(C#N)cc1)C(C)C. The van der Waals surface area contributed by atoms with E-state index in [9.17, 15) is 4.79 Å². The van der Waals surface area contributed by atoms with E-state index in [-0.39, 0.29) is 5.91 Å². The van der Waals surface area contributed by atoms with E-state index in [0.29, 0.717) is 18.2 Å². The number of hydrogen-bond donors (Lipinski definition) is 1. The number of aromatic nitrogens is 2. The van der Waals surface area contributed by atoms with Gasteiger partial charge in [-0.3, -0.25) is 14.4 Å². The average Bonchev–Trinajstić information content (AvgIpc) is 2.94. The molecule has 0 unspecified atom stereocenters. The Labute approximate surface area is 149 Å². The molecule has 1 aromatic heterocycles. The lowest BCUT2D eigenvalue weighted by atomic mass is 10.1. The summed E-state index contributed by atoms with van der Waals surface area (Å²) in [6, 6.07) is 9.97. The van der Waals surface area contributed by atoms with Crippen molar-refractivity contribution in [1.82, 2.24) is 20.0 Å². The Morgan fingerprint density at radius 3 is 2.60 bits per heavy atom. The standard InChI is InChI=1S/C19H25N5O/c1-14(2)24(10-9-21-15(3)25)13-18-12-23(4)22-19(18)17-7-5-16(11-20)6-8-17/h5-8,12,14H,9-10,13H2,1-4H3,(H,21,25). The van der Waals surface area contributed by atoms with Crippen LogP contribution in [0.3, 0.4) is 0 Å². The molecule has 6 heteroatoms. The van der Waals surface area contributed by atoms with E-state index >= 15 is 0 Å². The first-order valence-electron chi connectivity index (χ1n) is 8.42. The zero-order chi connectivity index (χ0) is 18.4. The van der Waals surface area contributed by atoms with Gasteiger partial charge in [0.25, 0.3) is 0 Å². The van der Waals surface area contributed by atoms with Crippen LogP contribution in [0.25, 0.3) is 11.3 Å². The van der Waals surface area contributed by atoms with Gasteiger partial charge in [-0.1, -0.05) is 12.1 Å². The van der Waals surface area contributed by atoms with Crippen LogP contribution in [0.2, 0.25) is 0 Å². The van der Waals surface area contributed by atoms with Crippen LogP contribution in [-0.2, 0) is 18.4 Å². The molecule has 1 N–H and O–H groups in total. The highest BCUT2D eigenvalue weighted by Crippen LogP contribution is 2.24. The molecule has 0 fully saturated rings. The summed E-state index contributed by atoms with van der Waals surface area (Å²) in [5.41, 5.74) is 3.70. The minimum atomic E-state index is -0.0108. The first-order valence-corrected chi connectivity index (χ1v) is 8.42. The van der Waals surface area contributed by atoms with Gasteiger partial charge in [0.2, 0.25) is 5.91 Å². The zero-order valence-corrected chi connectivity index (χ0v) is 15.3. The summed E-state index contributed by atoms with van der Waals surface area (Å²) in [7, 11) is 1.91. The third kappa shape index (κ3) is 5.16. The lowest BCUT2D eigenvalue weighted by Crippen LogP contribution is -2.37. The molecule has 2 aromatic rings. The van der Waals surface area contributed by atoms with Gasteiger partial charge in [0.15, 0.2) is 0 Å². The van der Waals surface area contributed by atoms with Crippen LogP contribution in [-0.4, -0.2) is 39.7 Å². The molecule has 6 nitrogen and oxygen atoms in total. The van der Waals surface area contributed by atoms with Crippen LogP contribution in [0.5, 0.6) is 0 Å². The van der Waals surface area contributed by atoms with Crippen molar-refractivity contribution in [3.63, 3.8) is 0 Å². The molecule has 0 spiro atoms. The monoisotopic (exact) mass is 339 g/mol. The predicted molar refractivity (Wildman–Crippen MR) is 97.6 cm³/mol. The first-order chi connectivity index (χ1) is 11.9. The zero-order valence-electron chi connectivity index (χ0n) is 15.3. The van der Waals surface area contributed by atoms with Crippen molar-refractivity contribution in [3.05, 3.63) is 41.6 Å². The average molecular weight is 339 g/mol. The number of carbonyl (C=O) groups is 1. The smallest absolute Gasteiger partial charge is 0.216 e. The van der Waals surface area contributed by atoms with Gasteiger partial charge in [-0.2, -0.15) is 10.4 Å². The highest BCUT2D eigenvalue weighted by molar-refractivity contribution is 5.72. The fraction of sp³-hybridized carbons (Fsp3) is 0.421. The number of hydrogen-bond acceptors (Lipinski definition) is 4. The second-order valence-electron chi connectivity index (χ2n) is 6.41. The molecule has 1 heterocycles. The summed E-state index contributed by atoms with van der Waals surface area (Å²) in [6.45, 7) is 7.97. The maximum absolute atomic E-state index is 11.1. The van der Waals surface area contributed by atoms with Crippen LogP contribution >= 0.6 is 0 Å². The molecule has 0 aliphatic rings. The maximum Gasteiger partial charge on any atom is 0.216 e. The van der Waals surface area contributed by atoms with Crippen LogP contribution < -0.4 is 5.32 Å². The number of aryl methyl sites for hydroxylation is 1. The van der Waals surface area contributed by atoms with Crippen LogP contribution in [0.15, 0.2) is 30.5 Å². The van der Waals surface area contributed by atoms with E-state index in [1.807, 2.05) is 42.2 Å². The summed E-state index contributed by atoms with van der Waals surface area (Å²) in [6.07, 6.45) is 2.03. The van der Waals surface area contributed by atoms with E-state index in [1.165, 1.54) is 6.92 Å². The van der Waals surface area contributed by atoms with E-state index in [1.54, 1.807) is 0 Å². The molecule has 132 valence electrons. The molecule has 0 bridgehead atoms. The van der Waals surface area contributed by atoms with Gasteiger partial charge in [-0.05, 0) is 26.0 Å².